The average molecular weight is 821 g/mol. The van der Waals surface area contributed by atoms with Gasteiger partial charge in [0.2, 0.25) is 0 Å². The van der Waals surface area contributed by atoms with Crippen LogP contribution >= 0.6 is 0 Å². The predicted molar refractivity (Wildman–Crippen MR) is 247 cm³/mol. The smallest absolute Gasteiger partial charge is 0.306 e. The Bertz CT molecular complexity index is 887. The van der Waals surface area contributed by atoms with Crippen molar-refractivity contribution < 1.29 is 28.6 Å². The molecule has 0 amide bonds. The highest BCUT2D eigenvalue weighted by Crippen LogP contribution is 2.18. The lowest BCUT2D eigenvalue weighted by molar-refractivity contribution is -0.167. The summed E-state index contributed by atoms with van der Waals surface area (Å²) in [6, 6.07) is 0. The van der Waals surface area contributed by atoms with Gasteiger partial charge < -0.3 is 14.2 Å². The maximum absolute atomic E-state index is 12.8. The minimum atomic E-state index is -0.762. The number of hydrogen-bond donors (Lipinski definition) is 0. The van der Waals surface area contributed by atoms with E-state index in [0.29, 0.717) is 19.3 Å². The van der Waals surface area contributed by atoms with Crippen molar-refractivity contribution in [2.24, 2.45) is 11.8 Å². The van der Waals surface area contributed by atoms with Gasteiger partial charge in [-0.05, 0) is 31.1 Å². The second-order valence-corrected chi connectivity index (χ2v) is 18.5. The van der Waals surface area contributed by atoms with Crippen LogP contribution in [0.2, 0.25) is 0 Å². The third kappa shape index (κ3) is 44.0. The molecule has 2 atom stereocenters. The van der Waals surface area contributed by atoms with E-state index in [2.05, 4.69) is 34.6 Å². The first-order chi connectivity index (χ1) is 28.3. The number of esters is 3. The van der Waals surface area contributed by atoms with E-state index in [0.717, 1.165) is 69.6 Å². The maximum Gasteiger partial charge on any atom is 0.306 e. The molecular weight excluding hydrogens is 721 g/mol. The standard InChI is InChI=1S/C52H100O6/c1-6-8-9-10-11-12-13-14-15-16-17-20-23-26-32-37-42-50(53)56-45-49(46-57-51(54)43-38-33-29-28-31-36-41-48(5)7-2)58-52(55)44-39-34-27-24-21-18-19-22-25-30-35-40-47(3)4/h47-49H,6-46H2,1-5H3/t48?,49-/m0/s1. The summed E-state index contributed by atoms with van der Waals surface area (Å²) in [5, 5.41) is 0. The van der Waals surface area contributed by atoms with Crippen molar-refractivity contribution in [2.45, 2.75) is 291 Å². The van der Waals surface area contributed by atoms with E-state index in [1.54, 1.807) is 0 Å². The molecule has 6 nitrogen and oxygen atoms in total. The van der Waals surface area contributed by atoms with Gasteiger partial charge in [-0.1, -0.05) is 247 Å². The zero-order valence-corrected chi connectivity index (χ0v) is 39.7. The first-order valence-corrected chi connectivity index (χ1v) is 25.8. The van der Waals surface area contributed by atoms with Crippen molar-refractivity contribution in [1.82, 2.24) is 0 Å². The van der Waals surface area contributed by atoms with Gasteiger partial charge in [0, 0.05) is 19.3 Å². The van der Waals surface area contributed by atoms with Gasteiger partial charge in [0.05, 0.1) is 0 Å². The largest absolute Gasteiger partial charge is 0.462 e. The van der Waals surface area contributed by atoms with Crippen LogP contribution in [0.15, 0.2) is 0 Å². The molecule has 0 aromatic carbocycles. The molecule has 0 saturated carbocycles. The predicted octanol–water partition coefficient (Wildman–Crippen LogP) is 16.5. The summed E-state index contributed by atoms with van der Waals surface area (Å²) in [6.45, 7) is 11.3. The van der Waals surface area contributed by atoms with Crippen LogP contribution in [0.1, 0.15) is 285 Å². The zero-order valence-electron chi connectivity index (χ0n) is 39.7. The minimum absolute atomic E-state index is 0.0644. The lowest BCUT2D eigenvalue weighted by atomic mass is 10.00. The Morgan fingerprint density at radius 1 is 0.362 bits per heavy atom. The monoisotopic (exact) mass is 821 g/mol. The molecule has 0 bridgehead atoms. The van der Waals surface area contributed by atoms with Gasteiger partial charge >= 0.3 is 17.9 Å². The van der Waals surface area contributed by atoms with Crippen molar-refractivity contribution in [3.8, 4) is 0 Å². The highest BCUT2D eigenvalue weighted by atomic mass is 16.6. The van der Waals surface area contributed by atoms with Gasteiger partial charge in [-0.3, -0.25) is 14.4 Å². The second kappa shape index (κ2) is 44.9. The summed E-state index contributed by atoms with van der Waals surface area (Å²) >= 11 is 0. The van der Waals surface area contributed by atoms with Crippen LogP contribution in [0.3, 0.4) is 0 Å². The van der Waals surface area contributed by atoms with Crippen LogP contribution in [0.25, 0.3) is 0 Å². The lowest BCUT2D eigenvalue weighted by Crippen LogP contribution is -2.30. The van der Waals surface area contributed by atoms with E-state index >= 15 is 0 Å². The summed E-state index contributed by atoms with van der Waals surface area (Å²) in [4.78, 5) is 37.9. The molecule has 0 N–H and O–H groups in total. The molecule has 0 rings (SSSR count). The third-order valence-corrected chi connectivity index (χ3v) is 12.1. The average Bonchev–Trinajstić information content (AvgIpc) is 3.21. The van der Waals surface area contributed by atoms with Gasteiger partial charge in [0.15, 0.2) is 6.10 Å². The van der Waals surface area contributed by atoms with Crippen molar-refractivity contribution in [1.29, 1.82) is 0 Å². The third-order valence-electron chi connectivity index (χ3n) is 12.1. The van der Waals surface area contributed by atoms with E-state index in [1.807, 2.05) is 0 Å². The van der Waals surface area contributed by atoms with Crippen LogP contribution in [0.5, 0.6) is 0 Å². The summed E-state index contributed by atoms with van der Waals surface area (Å²) in [7, 11) is 0. The first-order valence-electron chi connectivity index (χ1n) is 25.8. The summed E-state index contributed by atoms with van der Waals surface area (Å²) in [5.41, 5.74) is 0. The minimum Gasteiger partial charge on any atom is -0.462 e. The Morgan fingerprint density at radius 2 is 0.655 bits per heavy atom. The van der Waals surface area contributed by atoms with E-state index in [1.165, 1.54) is 173 Å². The van der Waals surface area contributed by atoms with Crippen LogP contribution in [0.4, 0.5) is 0 Å². The molecule has 6 heteroatoms. The van der Waals surface area contributed by atoms with E-state index < -0.39 is 6.10 Å². The number of rotatable bonds is 46. The zero-order chi connectivity index (χ0) is 42.6. The topological polar surface area (TPSA) is 78.9 Å². The molecule has 0 fully saturated rings. The number of unbranched alkanes of at least 4 members (excludes halogenated alkanes) is 30. The Labute approximate surface area is 361 Å². The summed E-state index contributed by atoms with van der Waals surface area (Å²) in [6.07, 6.45) is 45.2. The first kappa shape index (κ1) is 56.4. The SMILES string of the molecule is CCCCCCCCCCCCCCCCCCC(=O)OC[C@@H](COC(=O)CCCCCCCCC(C)CC)OC(=O)CCCCCCCCCCCCCC(C)C. The normalized spacial score (nSPS) is 12.5. The quantitative estimate of drug-likeness (QED) is 0.0346. The van der Waals surface area contributed by atoms with Crippen LogP contribution in [-0.2, 0) is 28.6 Å². The summed E-state index contributed by atoms with van der Waals surface area (Å²) in [5.74, 6) is 0.787. The molecule has 1 unspecified atom stereocenters. The number of carbonyl (C=O) groups excluding carboxylic acids is 3. The molecule has 344 valence electrons. The number of carbonyl (C=O) groups is 3. The van der Waals surface area contributed by atoms with Crippen LogP contribution in [0, 0.1) is 11.8 Å². The fraction of sp³-hybridized carbons (Fsp3) is 0.942. The van der Waals surface area contributed by atoms with Gasteiger partial charge in [-0.25, -0.2) is 0 Å². The van der Waals surface area contributed by atoms with Crippen molar-refractivity contribution in [3.63, 3.8) is 0 Å². The van der Waals surface area contributed by atoms with Crippen molar-refractivity contribution in [3.05, 3.63) is 0 Å². The van der Waals surface area contributed by atoms with Gasteiger partial charge in [0.1, 0.15) is 13.2 Å². The molecule has 0 saturated heterocycles. The maximum atomic E-state index is 12.8. The molecule has 0 aliphatic carbocycles. The molecule has 0 heterocycles. The Hall–Kier alpha value is -1.59. The molecule has 0 spiro atoms. The number of hydrogen-bond acceptors (Lipinski definition) is 6. The highest BCUT2D eigenvalue weighted by Gasteiger charge is 2.19. The summed E-state index contributed by atoms with van der Waals surface area (Å²) < 4.78 is 16.8. The van der Waals surface area contributed by atoms with E-state index in [-0.39, 0.29) is 31.1 Å². The molecule has 0 aliphatic heterocycles. The molecule has 58 heavy (non-hydrogen) atoms. The van der Waals surface area contributed by atoms with Crippen molar-refractivity contribution >= 4 is 17.9 Å². The van der Waals surface area contributed by atoms with E-state index in [4.69, 9.17) is 14.2 Å². The highest BCUT2D eigenvalue weighted by molar-refractivity contribution is 5.71. The van der Waals surface area contributed by atoms with Gasteiger partial charge in [-0.2, -0.15) is 0 Å². The van der Waals surface area contributed by atoms with Crippen molar-refractivity contribution in [2.75, 3.05) is 13.2 Å². The fourth-order valence-electron chi connectivity index (χ4n) is 7.78. The lowest BCUT2D eigenvalue weighted by Gasteiger charge is -2.18. The Kier molecular flexibility index (Phi) is 43.7. The van der Waals surface area contributed by atoms with Gasteiger partial charge in [-0.15, -0.1) is 0 Å². The number of ether oxygens (including phenoxy) is 3. The van der Waals surface area contributed by atoms with Crippen LogP contribution in [-0.4, -0.2) is 37.2 Å². The van der Waals surface area contributed by atoms with Gasteiger partial charge in [0.25, 0.3) is 0 Å². The van der Waals surface area contributed by atoms with E-state index in [9.17, 15) is 14.4 Å². The molecular formula is C52H100O6. The van der Waals surface area contributed by atoms with Crippen LogP contribution < -0.4 is 0 Å². The fourth-order valence-corrected chi connectivity index (χ4v) is 7.78. The molecule has 0 aromatic rings. The Morgan fingerprint density at radius 3 is 0.983 bits per heavy atom. The molecule has 0 radical (unpaired) electrons. The molecule has 0 aromatic heterocycles. The Balaban J connectivity index is 4.30. The molecule has 0 aliphatic rings. The second-order valence-electron chi connectivity index (χ2n) is 18.5.